The molecule has 1 aromatic carbocycles. The highest BCUT2D eigenvalue weighted by Gasteiger charge is 2.05. The van der Waals surface area contributed by atoms with Crippen molar-refractivity contribution in [2.75, 3.05) is 0 Å². The predicted octanol–water partition coefficient (Wildman–Crippen LogP) is 3.71. The largest absolute Gasteiger partial charge is 0.322 e. The van der Waals surface area contributed by atoms with Crippen LogP contribution in [-0.4, -0.2) is 9.97 Å². The molecule has 100 valence electrons. The predicted molar refractivity (Wildman–Crippen MR) is 81.9 cm³/mol. The number of aromatic amines is 1. The fourth-order valence-electron chi connectivity index (χ4n) is 2.27. The van der Waals surface area contributed by atoms with Gasteiger partial charge in [0.25, 0.3) is 0 Å². The maximum Gasteiger partial charge on any atom is 0.248 e. The van der Waals surface area contributed by atoms with Crippen molar-refractivity contribution in [1.82, 2.24) is 9.97 Å². The van der Waals surface area contributed by atoms with E-state index in [-0.39, 0.29) is 5.56 Å². The molecule has 0 aliphatic carbocycles. The lowest BCUT2D eigenvalue weighted by Gasteiger charge is -2.08. The van der Waals surface area contributed by atoms with Crippen LogP contribution in [0.4, 0.5) is 0 Å². The minimum absolute atomic E-state index is 0.0847. The van der Waals surface area contributed by atoms with Gasteiger partial charge in [0.05, 0.1) is 5.69 Å². The molecule has 3 heteroatoms. The molecule has 0 fully saturated rings. The smallest absolute Gasteiger partial charge is 0.248 e. The number of hydrogen-bond acceptors (Lipinski definition) is 2. The van der Waals surface area contributed by atoms with Crippen molar-refractivity contribution in [2.45, 2.75) is 19.8 Å². The second kappa shape index (κ2) is 4.93. The summed E-state index contributed by atoms with van der Waals surface area (Å²) < 4.78 is 0. The van der Waals surface area contributed by atoms with Crippen LogP contribution < -0.4 is 5.56 Å². The van der Waals surface area contributed by atoms with Crippen molar-refractivity contribution in [1.29, 1.82) is 0 Å². The Morgan fingerprint density at radius 2 is 1.85 bits per heavy atom. The van der Waals surface area contributed by atoms with Crippen molar-refractivity contribution < 1.29 is 0 Å². The Hall–Kier alpha value is -2.42. The van der Waals surface area contributed by atoms with Crippen LogP contribution in [0.3, 0.4) is 0 Å². The molecule has 0 radical (unpaired) electrons. The normalized spacial score (nSPS) is 11.2. The van der Waals surface area contributed by atoms with Crippen molar-refractivity contribution in [2.24, 2.45) is 0 Å². The van der Waals surface area contributed by atoms with Gasteiger partial charge in [-0.1, -0.05) is 26.0 Å². The first-order valence-corrected chi connectivity index (χ1v) is 6.73. The van der Waals surface area contributed by atoms with Crippen LogP contribution in [-0.2, 0) is 0 Å². The van der Waals surface area contributed by atoms with E-state index < -0.39 is 0 Å². The van der Waals surface area contributed by atoms with Gasteiger partial charge in [-0.15, -0.1) is 0 Å². The van der Waals surface area contributed by atoms with E-state index in [1.165, 1.54) is 5.56 Å². The Morgan fingerprint density at radius 1 is 1.05 bits per heavy atom. The number of pyridine rings is 2. The van der Waals surface area contributed by atoms with Crippen molar-refractivity contribution >= 4 is 10.9 Å². The fraction of sp³-hybridized carbons (Fsp3) is 0.176. The summed E-state index contributed by atoms with van der Waals surface area (Å²) in [4.78, 5) is 18.7. The Balaban J connectivity index is 2.14. The van der Waals surface area contributed by atoms with Gasteiger partial charge in [-0.05, 0) is 41.1 Å². The van der Waals surface area contributed by atoms with E-state index in [0.717, 1.165) is 22.2 Å². The summed E-state index contributed by atoms with van der Waals surface area (Å²) in [7, 11) is 0. The SMILES string of the molecule is CC(C)c1ccnc(-c2ccc3ccc(=O)[nH]c3c2)c1. The van der Waals surface area contributed by atoms with E-state index >= 15 is 0 Å². The first kappa shape index (κ1) is 12.6. The number of fused-ring (bicyclic) bond motifs is 1. The average Bonchev–Trinajstić information content (AvgIpc) is 2.46. The topological polar surface area (TPSA) is 45.8 Å². The van der Waals surface area contributed by atoms with Gasteiger partial charge in [0.1, 0.15) is 0 Å². The molecule has 2 heterocycles. The molecule has 3 rings (SSSR count). The first-order chi connectivity index (χ1) is 9.63. The molecule has 0 unspecified atom stereocenters. The Morgan fingerprint density at radius 3 is 2.65 bits per heavy atom. The number of benzene rings is 1. The molecule has 0 aliphatic heterocycles. The maximum atomic E-state index is 11.4. The van der Waals surface area contributed by atoms with Crippen molar-refractivity contribution in [3.63, 3.8) is 0 Å². The van der Waals surface area contributed by atoms with E-state index in [1.54, 1.807) is 6.07 Å². The van der Waals surface area contributed by atoms with Crippen molar-refractivity contribution in [3.05, 3.63) is 64.6 Å². The van der Waals surface area contributed by atoms with Crippen molar-refractivity contribution in [3.8, 4) is 11.3 Å². The quantitative estimate of drug-likeness (QED) is 0.766. The van der Waals surface area contributed by atoms with Gasteiger partial charge in [0.15, 0.2) is 0 Å². The van der Waals surface area contributed by atoms with Gasteiger partial charge in [-0.3, -0.25) is 9.78 Å². The molecular weight excluding hydrogens is 248 g/mol. The molecule has 20 heavy (non-hydrogen) atoms. The van der Waals surface area contributed by atoms with Gasteiger partial charge in [-0.2, -0.15) is 0 Å². The van der Waals surface area contributed by atoms with E-state index in [0.29, 0.717) is 5.92 Å². The Labute approximate surface area is 117 Å². The van der Waals surface area contributed by atoms with Crippen LogP contribution in [0.25, 0.3) is 22.2 Å². The molecule has 0 saturated carbocycles. The van der Waals surface area contributed by atoms with Gasteiger partial charge in [0, 0.05) is 23.3 Å². The summed E-state index contributed by atoms with van der Waals surface area (Å²) in [6.07, 6.45) is 1.84. The average molecular weight is 264 g/mol. The standard InChI is InChI=1S/C17H16N2O/c1-11(2)13-7-8-18-15(9-13)14-4-3-12-5-6-17(20)19-16(12)10-14/h3-11H,1-2H3,(H,19,20). The summed E-state index contributed by atoms with van der Waals surface area (Å²) in [6, 6.07) is 13.5. The number of H-pyrrole nitrogens is 1. The van der Waals surface area contributed by atoms with Gasteiger partial charge in [0.2, 0.25) is 5.56 Å². The number of nitrogens with zero attached hydrogens (tertiary/aromatic N) is 1. The monoisotopic (exact) mass is 264 g/mol. The highest BCUT2D eigenvalue weighted by Crippen LogP contribution is 2.24. The lowest BCUT2D eigenvalue weighted by Crippen LogP contribution is -2.02. The molecule has 0 aliphatic rings. The zero-order valence-corrected chi connectivity index (χ0v) is 11.6. The zero-order chi connectivity index (χ0) is 14.1. The van der Waals surface area contributed by atoms with Gasteiger partial charge >= 0.3 is 0 Å². The molecule has 1 N–H and O–H groups in total. The highest BCUT2D eigenvalue weighted by molar-refractivity contribution is 5.83. The highest BCUT2D eigenvalue weighted by atomic mass is 16.1. The van der Waals surface area contributed by atoms with Crippen LogP contribution in [0.1, 0.15) is 25.3 Å². The van der Waals surface area contributed by atoms with Crippen LogP contribution in [0.15, 0.2) is 53.5 Å². The molecular formula is C17H16N2O. The molecule has 0 atom stereocenters. The molecule has 0 amide bonds. The van der Waals surface area contributed by atoms with Crippen LogP contribution in [0.2, 0.25) is 0 Å². The van der Waals surface area contributed by atoms with Crippen LogP contribution >= 0.6 is 0 Å². The van der Waals surface area contributed by atoms with Gasteiger partial charge in [-0.25, -0.2) is 0 Å². The zero-order valence-electron chi connectivity index (χ0n) is 11.6. The first-order valence-electron chi connectivity index (χ1n) is 6.73. The van der Waals surface area contributed by atoms with E-state index in [1.807, 2.05) is 36.5 Å². The third-order valence-electron chi connectivity index (χ3n) is 3.47. The molecule has 0 spiro atoms. The third kappa shape index (κ3) is 2.35. The summed E-state index contributed by atoms with van der Waals surface area (Å²) >= 11 is 0. The third-order valence-corrected chi connectivity index (χ3v) is 3.47. The van der Waals surface area contributed by atoms with E-state index in [4.69, 9.17) is 0 Å². The number of nitrogens with one attached hydrogen (secondary N) is 1. The van der Waals surface area contributed by atoms with Crippen LogP contribution in [0.5, 0.6) is 0 Å². The number of rotatable bonds is 2. The van der Waals surface area contributed by atoms with Crippen LogP contribution in [0, 0.1) is 0 Å². The molecule has 3 aromatic rings. The molecule has 2 aromatic heterocycles. The van der Waals surface area contributed by atoms with Gasteiger partial charge < -0.3 is 4.98 Å². The summed E-state index contributed by atoms with van der Waals surface area (Å²) in [5.74, 6) is 0.469. The second-order valence-electron chi connectivity index (χ2n) is 5.25. The number of hydrogen-bond donors (Lipinski definition) is 1. The van der Waals surface area contributed by atoms with E-state index in [9.17, 15) is 4.79 Å². The summed E-state index contributed by atoms with van der Waals surface area (Å²) in [5.41, 5.74) is 3.96. The summed E-state index contributed by atoms with van der Waals surface area (Å²) in [6.45, 7) is 4.33. The Bertz CT molecular complexity index is 818. The molecule has 0 saturated heterocycles. The minimum atomic E-state index is -0.0847. The molecule has 3 nitrogen and oxygen atoms in total. The maximum absolute atomic E-state index is 11.4. The Kier molecular flexibility index (Phi) is 3.11. The lowest BCUT2D eigenvalue weighted by molar-refractivity contribution is 0.864. The summed E-state index contributed by atoms with van der Waals surface area (Å²) in [5, 5.41) is 1.02. The van der Waals surface area contributed by atoms with E-state index in [2.05, 4.69) is 29.9 Å². The number of aromatic nitrogens is 2. The molecule has 0 bridgehead atoms. The fourth-order valence-corrected chi connectivity index (χ4v) is 2.27. The second-order valence-corrected chi connectivity index (χ2v) is 5.25. The lowest BCUT2D eigenvalue weighted by atomic mass is 10.0. The minimum Gasteiger partial charge on any atom is -0.322 e.